The molecule has 0 atom stereocenters. The van der Waals surface area contributed by atoms with E-state index in [0.29, 0.717) is 0 Å². The summed E-state index contributed by atoms with van der Waals surface area (Å²) in [5.74, 6) is -5.54. The Bertz CT molecular complexity index is 688. The predicted octanol–water partition coefficient (Wildman–Crippen LogP) is 1.10. The number of ether oxygens (including phenoxy) is 2. The Morgan fingerprint density at radius 3 is 1.46 bits per heavy atom. The lowest BCUT2D eigenvalue weighted by molar-refractivity contribution is -0.153. The van der Waals surface area contributed by atoms with Crippen molar-refractivity contribution in [1.82, 2.24) is 0 Å². The van der Waals surface area contributed by atoms with Gasteiger partial charge < -0.3 is 9.47 Å². The van der Waals surface area contributed by atoms with E-state index in [9.17, 15) is 28.8 Å². The van der Waals surface area contributed by atoms with Gasteiger partial charge in [0, 0.05) is 11.1 Å². The number of benzene rings is 1. The molecule has 0 saturated carbocycles. The zero-order chi connectivity index (χ0) is 19.7. The van der Waals surface area contributed by atoms with Crippen LogP contribution in [0, 0.1) is 0 Å². The molecule has 1 aromatic rings. The minimum atomic E-state index is -1.10. The summed E-state index contributed by atoms with van der Waals surface area (Å²) in [5, 5.41) is 0. The van der Waals surface area contributed by atoms with Crippen LogP contribution in [0.4, 0.5) is 0 Å². The van der Waals surface area contributed by atoms with Crippen LogP contribution in [0.1, 0.15) is 47.4 Å². The Morgan fingerprint density at radius 1 is 0.731 bits per heavy atom. The molecular formula is C18H18O8. The molecule has 0 amide bonds. The van der Waals surface area contributed by atoms with E-state index in [4.69, 9.17) is 0 Å². The van der Waals surface area contributed by atoms with Gasteiger partial charge in [-0.2, -0.15) is 0 Å². The van der Waals surface area contributed by atoms with E-state index in [-0.39, 0.29) is 24.3 Å². The van der Waals surface area contributed by atoms with Gasteiger partial charge in [-0.15, -0.1) is 0 Å². The van der Waals surface area contributed by atoms with E-state index in [1.165, 1.54) is 38.1 Å². The maximum atomic E-state index is 12.1. The van der Waals surface area contributed by atoms with Crippen molar-refractivity contribution >= 4 is 35.1 Å². The molecular weight excluding hydrogens is 344 g/mol. The number of rotatable bonds is 10. The SMILES string of the molecule is CCOC(=O)C(=O)CC(=O)c1cccc(C(=O)CC(=O)C(=O)OCC)c1. The zero-order valence-corrected chi connectivity index (χ0v) is 14.4. The third-order valence-corrected chi connectivity index (χ3v) is 3.15. The Morgan fingerprint density at radius 2 is 1.12 bits per heavy atom. The zero-order valence-electron chi connectivity index (χ0n) is 14.4. The van der Waals surface area contributed by atoms with Gasteiger partial charge in [-0.1, -0.05) is 18.2 Å². The second-order valence-electron chi connectivity index (χ2n) is 5.07. The number of Topliss-reactive ketones (excluding diaryl/α,β-unsaturated/α-hetero) is 4. The topological polar surface area (TPSA) is 121 Å². The molecule has 0 spiro atoms. The number of hydrogen-bond acceptors (Lipinski definition) is 8. The van der Waals surface area contributed by atoms with Crippen LogP contribution in [0.15, 0.2) is 24.3 Å². The van der Waals surface area contributed by atoms with Crippen LogP contribution in [-0.4, -0.2) is 48.3 Å². The smallest absolute Gasteiger partial charge is 0.375 e. The summed E-state index contributed by atoms with van der Waals surface area (Å²) in [6.45, 7) is 3.08. The van der Waals surface area contributed by atoms with Crippen molar-refractivity contribution in [3.05, 3.63) is 35.4 Å². The average Bonchev–Trinajstić information content (AvgIpc) is 2.61. The molecule has 0 fully saturated rings. The molecule has 8 nitrogen and oxygen atoms in total. The fourth-order valence-corrected chi connectivity index (χ4v) is 1.93. The highest BCUT2D eigenvalue weighted by molar-refractivity contribution is 6.39. The van der Waals surface area contributed by atoms with Crippen LogP contribution in [0.5, 0.6) is 0 Å². The lowest BCUT2D eigenvalue weighted by atomic mass is 9.99. The first-order valence-electron chi connectivity index (χ1n) is 7.86. The fourth-order valence-electron chi connectivity index (χ4n) is 1.93. The molecule has 0 bridgehead atoms. The van der Waals surface area contributed by atoms with Gasteiger partial charge in [-0.3, -0.25) is 19.2 Å². The van der Waals surface area contributed by atoms with Gasteiger partial charge in [0.15, 0.2) is 11.6 Å². The molecule has 8 heteroatoms. The van der Waals surface area contributed by atoms with Crippen LogP contribution in [0.3, 0.4) is 0 Å². The summed E-state index contributed by atoms with van der Waals surface area (Å²) in [5.41, 5.74) is 0.0502. The summed E-state index contributed by atoms with van der Waals surface area (Å²) in [6, 6.07) is 5.32. The van der Waals surface area contributed by atoms with Crippen molar-refractivity contribution in [2.45, 2.75) is 26.7 Å². The monoisotopic (exact) mass is 362 g/mol. The molecule has 26 heavy (non-hydrogen) atoms. The molecule has 0 saturated heterocycles. The molecule has 0 N–H and O–H groups in total. The minimum absolute atomic E-state index is 0.0112. The highest BCUT2D eigenvalue weighted by Gasteiger charge is 2.22. The van der Waals surface area contributed by atoms with E-state index in [0.717, 1.165) is 0 Å². The van der Waals surface area contributed by atoms with E-state index in [1.54, 1.807) is 0 Å². The molecule has 0 aromatic heterocycles. The fraction of sp³-hybridized carbons (Fsp3) is 0.333. The Hall–Kier alpha value is -3.16. The lowest BCUT2D eigenvalue weighted by Gasteiger charge is -2.04. The molecule has 0 heterocycles. The maximum Gasteiger partial charge on any atom is 0.375 e. The van der Waals surface area contributed by atoms with Crippen LogP contribution in [-0.2, 0) is 28.7 Å². The summed E-state index contributed by atoms with van der Waals surface area (Å²) in [4.78, 5) is 69.8. The van der Waals surface area contributed by atoms with Crippen molar-refractivity contribution in [1.29, 1.82) is 0 Å². The molecule has 138 valence electrons. The van der Waals surface area contributed by atoms with Crippen molar-refractivity contribution in [3.8, 4) is 0 Å². The second-order valence-corrected chi connectivity index (χ2v) is 5.07. The molecule has 1 rings (SSSR count). The van der Waals surface area contributed by atoms with Crippen molar-refractivity contribution in [3.63, 3.8) is 0 Å². The van der Waals surface area contributed by atoms with Gasteiger partial charge in [-0.05, 0) is 19.9 Å². The van der Waals surface area contributed by atoms with E-state index in [2.05, 4.69) is 9.47 Å². The van der Waals surface area contributed by atoms with Gasteiger partial charge in [0.25, 0.3) is 0 Å². The van der Waals surface area contributed by atoms with E-state index >= 15 is 0 Å². The van der Waals surface area contributed by atoms with E-state index in [1.807, 2.05) is 0 Å². The molecule has 1 aromatic carbocycles. The summed E-state index contributed by atoms with van der Waals surface area (Å²) < 4.78 is 9.02. The number of hydrogen-bond donors (Lipinski definition) is 0. The molecule has 0 aliphatic heterocycles. The normalized spacial score (nSPS) is 9.92. The van der Waals surface area contributed by atoms with Crippen LogP contribution in [0.2, 0.25) is 0 Å². The Kier molecular flexibility index (Phi) is 8.01. The number of carbonyl (C=O) groups is 6. The third-order valence-electron chi connectivity index (χ3n) is 3.15. The highest BCUT2D eigenvalue weighted by atomic mass is 16.5. The lowest BCUT2D eigenvalue weighted by Crippen LogP contribution is -2.21. The first-order chi connectivity index (χ1) is 12.3. The van der Waals surface area contributed by atoms with Gasteiger partial charge in [0.05, 0.1) is 26.1 Å². The highest BCUT2D eigenvalue weighted by Crippen LogP contribution is 2.11. The van der Waals surface area contributed by atoms with Crippen LogP contribution >= 0.6 is 0 Å². The van der Waals surface area contributed by atoms with Gasteiger partial charge in [0.2, 0.25) is 11.6 Å². The van der Waals surface area contributed by atoms with Crippen molar-refractivity contribution in [2.75, 3.05) is 13.2 Å². The molecule has 0 unspecified atom stereocenters. The maximum absolute atomic E-state index is 12.1. The quantitative estimate of drug-likeness (QED) is 0.262. The van der Waals surface area contributed by atoms with Gasteiger partial charge in [-0.25, -0.2) is 9.59 Å². The first kappa shape index (κ1) is 20.9. The molecule has 0 aliphatic rings. The van der Waals surface area contributed by atoms with Crippen molar-refractivity contribution < 1.29 is 38.2 Å². The number of ketones is 4. The van der Waals surface area contributed by atoms with Crippen LogP contribution in [0.25, 0.3) is 0 Å². The molecule has 0 radical (unpaired) electrons. The van der Waals surface area contributed by atoms with Gasteiger partial charge in [0.1, 0.15) is 0 Å². The summed E-state index contributed by atoms with van der Waals surface area (Å²) >= 11 is 0. The average molecular weight is 362 g/mol. The minimum Gasteiger partial charge on any atom is -0.460 e. The number of esters is 2. The summed E-state index contributed by atoms with van der Waals surface area (Å²) in [7, 11) is 0. The van der Waals surface area contributed by atoms with Gasteiger partial charge >= 0.3 is 11.9 Å². The Labute approximate surface area is 149 Å². The second kappa shape index (κ2) is 9.97. The third kappa shape index (κ3) is 6.04. The Balaban J connectivity index is 2.81. The predicted molar refractivity (Wildman–Crippen MR) is 87.6 cm³/mol. The summed E-state index contributed by atoms with van der Waals surface area (Å²) in [6.07, 6.45) is -1.39. The van der Waals surface area contributed by atoms with E-state index < -0.39 is 47.9 Å². The first-order valence-corrected chi connectivity index (χ1v) is 7.86. The van der Waals surface area contributed by atoms with Crippen molar-refractivity contribution in [2.24, 2.45) is 0 Å². The van der Waals surface area contributed by atoms with Crippen LogP contribution < -0.4 is 0 Å². The largest absolute Gasteiger partial charge is 0.460 e. The number of carbonyl (C=O) groups excluding carboxylic acids is 6. The standard InChI is InChI=1S/C18H18O8/c1-3-25-17(23)15(21)9-13(19)11-6-5-7-12(8-11)14(20)10-16(22)18(24)26-4-2/h5-8H,3-4,9-10H2,1-2H3. The molecule has 0 aliphatic carbocycles.